The SMILES string of the molecule is CCCOCCOCCOCCOCCOCC(=O)N[C@@H](CCCCNC(=O)[C@H](CC)CC(=O)OCc1ccccc1)C(=O)CCCOCCOCCOCCOCCOCCOCCOCCOCCOCCOCCOCCON(C(=O)OC(C)(C)C)C(=O)OC(C)(C)C. The summed E-state index contributed by atoms with van der Waals surface area (Å²) in [5.41, 5.74) is -0.805. The van der Waals surface area contributed by atoms with E-state index in [0.717, 1.165) is 18.6 Å². The van der Waals surface area contributed by atoms with Gasteiger partial charge in [0.15, 0.2) is 5.78 Å². The first-order valence-corrected chi connectivity index (χ1v) is 33.9. The Morgan fingerprint density at radius 1 is 0.438 bits per heavy atom. The summed E-state index contributed by atoms with van der Waals surface area (Å²) in [5, 5.41) is 6.19. The number of rotatable bonds is 67. The zero-order valence-electron chi connectivity index (χ0n) is 59.0. The number of ketones is 1. The monoisotopic (exact) mass is 1380 g/mol. The Balaban J connectivity index is 2.09. The molecule has 0 aliphatic heterocycles. The molecule has 96 heavy (non-hydrogen) atoms. The summed E-state index contributed by atoms with van der Waals surface area (Å²) in [6.07, 6.45) is 1.56. The van der Waals surface area contributed by atoms with Gasteiger partial charge in [-0.2, -0.15) is 0 Å². The molecule has 29 heteroatoms. The van der Waals surface area contributed by atoms with Crippen LogP contribution < -0.4 is 10.6 Å². The smallest absolute Gasteiger partial charge is 0.444 e. The lowest BCUT2D eigenvalue weighted by atomic mass is 10.0. The lowest BCUT2D eigenvalue weighted by Crippen LogP contribution is -2.44. The van der Waals surface area contributed by atoms with Crippen LogP contribution in [0, 0.1) is 5.92 Å². The minimum Gasteiger partial charge on any atom is -0.461 e. The second-order valence-corrected chi connectivity index (χ2v) is 23.3. The molecule has 2 N–H and O–H groups in total. The van der Waals surface area contributed by atoms with E-state index in [1.165, 1.54) is 0 Å². The van der Waals surface area contributed by atoms with Crippen molar-refractivity contribution < 1.29 is 124 Å². The standard InChI is InChI=1S/C67H119N3O26/c1-9-22-77-24-26-79-28-30-88-46-47-90-50-51-92-56-61(72)69-59(19-14-15-21-68-63(74)58(10-2)54-62(73)93-55-57-17-12-11-13-18-57)60(71)20-16-23-78-25-27-80-29-31-81-32-33-82-34-35-83-36-37-84-38-39-85-40-41-86-42-43-87-44-45-89-48-49-91-52-53-94-70(64(75)95-66(3,4)5)65(76)96-67(6,7)8/h11-13,17-18,58-59H,9-10,14-16,19-56H2,1-8H3,(H,68,74)(H,69,72)/t58-,59+/m1/s1. The number of nitrogens with zero attached hydrogens (tertiary/aromatic N) is 1. The van der Waals surface area contributed by atoms with Crippen LogP contribution in [0.4, 0.5) is 9.59 Å². The van der Waals surface area contributed by atoms with Gasteiger partial charge in [0.25, 0.3) is 0 Å². The number of hydroxylamine groups is 2. The Kier molecular flexibility index (Phi) is 58.3. The van der Waals surface area contributed by atoms with Crippen molar-refractivity contribution in [3.8, 4) is 0 Å². The van der Waals surface area contributed by atoms with Gasteiger partial charge in [-0.1, -0.05) is 49.2 Å². The second kappa shape index (κ2) is 62.6. The van der Waals surface area contributed by atoms with Gasteiger partial charge in [0, 0.05) is 32.1 Å². The third kappa shape index (κ3) is 58.3. The highest BCUT2D eigenvalue weighted by molar-refractivity contribution is 5.89. The maximum absolute atomic E-state index is 13.4. The highest BCUT2D eigenvalue weighted by atomic mass is 16.8. The van der Waals surface area contributed by atoms with Crippen LogP contribution in [0.25, 0.3) is 0 Å². The van der Waals surface area contributed by atoms with E-state index in [2.05, 4.69) is 17.6 Å². The van der Waals surface area contributed by atoms with Crippen molar-refractivity contribution >= 4 is 35.8 Å². The van der Waals surface area contributed by atoms with Crippen molar-refractivity contribution in [1.82, 2.24) is 15.7 Å². The Morgan fingerprint density at radius 2 is 0.802 bits per heavy atom. The van der Waals surface area contributed by atoms with E-state index in [0.29, 0.717) is 215 Å². The molecule has 0 aromatic heterocycles. The molecule has 0 unspecified atom stereocenters. The number of ether oxygens (including phenoxy) is 19. The van der Waals surface area contributed by atoms with Gasteiger partial charge in [-0.15, -0.1) is 0 Å². The Bertz CT molecular complexity index is 2010. The van der Waals surface area contributed by atoms with Crippen LogP contribution in [-0.4, -0.2) is 283 Å². The minimum atomic E-state index is -0.984. The number of imide groups is 1. The van der Waals surface area contributed by atoms with Crippen LogP contribution in [0.2, 0.25) is 0 Å². The first-order chi connectivity index (χ1) is 46.5. The normalized spacial score (nSPS) is 12.3. The lowest BCUT2D eigenvalue weighted by molar-refractivity contribution is -0.148. The zero-order valence-corrected chi connectivity index (χ0v) is 59.0. The molecular weight excluding hydrogens is 1260 g/mol. The maximum Gasteiger partial charge on any atom is 0.444 e. The van der Waals surface area contributed by atoms with Crippen LogP contribution in [0.5, 0.6) is 0 Å². The summed E-state index contributed by atoms with van der Waals surface area (Å²) in [5.74, 6) is -1.77. The fraction of sp³-hybridized carbons (Fsp3) is 0.821. The van der Waals surface area contributed by atoms with Gasteiger partial charge in [0.2, 0.25) is 11.8 Å². The Hall–Kier alpha value is -4.64. The van der Waals surface area contributed by atoms with E-state index in [9.17, 15) is 28.8 Å². The molecule has 4 amide bonds. The number of hydrogen-bond acceptors (Lipinski definition) is 26. The quantitative estimate of drug-likeness (QED) is 0.0325. The molecule has 1 rings (SSSR count). The highest BCUT2D eigenvalue weighted by Crippen LogP contribution is 2.16. The molecule has 0 saturated heterocycles. The molecule has 1 aromatic carbocycles. The number of benzene rings is 1. The number of amides is 4. The number of esters is 1. The zero-order chi connectivity index (χ0) is 70.3. The molecule has 1 aromatic rings. The van der Waals surface area contributed by atoms with E-state index in [1.807, 2.05) is 37.3 Å². The molecule has 0 radical (unpaired) electrons. The molecule has 0 heterocycles. The van der Waals surface area contributed by atoms with Gasteiger partial charge in [0.05, 0.1) is 211 Å². The van der Waals surface area contributed by atoms with Crippen LogP contribution in [0.15, 0.2) is 30.3 Å². The number of nitrogens with one attached hydrogen (secondary N) is 2. The Labute approximate surface area is 570 Å². The van der Waals surface area contributed by atoms with Crippen LogP contribution in [0.3, 0.4) is 0 Å². The van der Waals surface area contributed by atoms with E-state index < -0.39 is 47.2 Å². The van der Waals surface area contributed by atoms with Gasteiger partial charge in [-0.25, -0.2) is 9.59 Å². The van der Waals surface area contributed by atoms with Crippen LogP contribution in [0.1, 0.15) is 112 Å². The van der Waals surface area contributed by atoms with Crippen LogP contribution >= 0.6 is 0 Å². The molecule has 0 aliphatic rings. The average molecular weight is 1380 g/mol. The fourth-order valence-corrected chi connectivity index (χ4v) is 7.79. The van der Waals surface area contributed by atoms with Gasteiger partial charge in [-0.3, -0.25) is 24.0 Å². The molecule has 2 atom stereocenters. The maximum atomic E-state index is 13.4. The summed E-state index contributed by atoms with van der Waals surface area (Å²) in [7, 11) is 0. The second-order valence-electron chi connectivity index (χ2n) is 23.3. The van der Waals surface area contributed by atoms with E-state index in [1.54, 1.807) is 41.5 Å². The third-order valence-corrected chi connectivity index (χ3v) is 12.5. The largest absolute Gasteiger partial charge is 0.461 e. The molecule has 0 bridgehead atoms. The first-order valence-electron chi connectivity index (χ1n) is 33.9. The predicted octanol–water partition coefficient (Wildman–Crippen LogP) is 6.05. The van der Waals surface area contributed by atoms with Crippen LogP contribution in [-0.2, 0) is 121 Å². The Morgan fingerprint density at radius 3 is 1.18 bits per heavy atom. The fourth-order valence-electron chi connectivity index (χ4n) is 7.79. The minimum absolute atomic E-state index is 0.0264. The number of Topliss-reactive ketones (excluding diaryl/α,β-unsaturated/α-hetero) is 1. The van der Waals surface area contributed by atoms with Gasteiger partial charge in [-0.05, 0) is 85.6 Å². The summed E-state index contributed by atoms with van der Waals surface area (Å²) < 4.78 is 104. The van der Waals surface area contributed by atoms with E-state index in [4.69, 9.17) is 94.8 Å². The summed E-state index contributed by atoms with van der Waals surface area (Å²) in [6.45, 7) is 26.4. The molecule has 0 aliphatic carbocycles. The first kappa shape index (κ1) is 89.4. The van der Waals surface area contributed by atoms with Gasteiger partial charge in [0.1, 0.15) is 24.4 Å². The lowest BCUT2D eigenvalue weighted by Gasteiger charge is -2.27. The van der Waals surface area contributed by atoms with Gasteiger partial charge >= 0.3 is 18.2 Å². The van der Waals surface area contributed by atoms with Crippen molar-refractivity contribution in [2.45, 2.75) is 131 Å². The summed E-state index contributed by atoms with van der Waals surface area (Å²) in [6, 6.07) is 8.59. The number of unbranched alkanes of at least 4 members (excludes halogenated alkanes) is 1. The van der Waals surface area contributed by atoms with Crippen molar-refractivity contribution in [2.24, 2.45) is 5.92 Å². The van der Waals surface area contributed by atoms with E-state index >= 15 is 0 Å². The highest BCUT2D eigenvalue weighted by Gasteiger charge is 2.33. The van der Waals surface area contributed by atoms with Gasteiger partial charge < -0.3 is 101 Å². The molecular formula is C67H119N3O26. The number of hydrogen-bond donors (Lipinski definition) is 2. The molecule has 558 valence electrons. The number of carbonyl (C=O) groups excluding carboxylic acids is 6. The van der Waals surface area contributed by atoms with Crippen molar-refractivity contribution in [2.75, 3.05) is 225 Å². The summed E-state index contributed by atoms with van der Waals surface area (Å²) >= 11 is 0. The predicted molar refractivity (Wildman–Crippen MR) is 351 cm³/mol. The van der Waals surface area contributed by atoms with Crippen molar-refractivity contribution in [3.63, 3.8) is 0 Å². The molecule has 0 spiro atoms. The molecule has 29 nitrogen and oxygen atoms in total. The molecule has 0 saturated carbocycles. The third-order valence-electron chi connectivity index (χ3n) is 12.5. The van der Waals surface area contributed by atoms with E-state index in [-0.39, 0.29) is 70.8 Å². The average Bonchev–Trinajstić information content (AvgIpc) is 0.953. The van der Waals surface area contributed by atoms with Crippen molar-refractivity contribution in [3.05, 3.63) is 35.9 Å². The number of carbonyl (C=O) groups is 6. The summed E-state index contributed by atoms with van der Waals surface area (Å²) in [4.78, 5) is 82.0. The molecule has 0 fully saturated rings. The van der Waals surface area contributed by atoms with Crippen molar-refractivity contribution in [1.29, 1.82) is 0 Å². The topological polar surface area (TPSA) is 314 Å².